The van der Waals surface area contributed by atoms with E-state index >= 15 is 0 Å². The minimum Gasteiger partial charge on any atom is -0.352 e. The summed E-state index contributed by atoms with van der Waals surface area (Å²) in [6.07, 6.45) is 3.09. The van der Waals surface area contributed by atoms with Crippen LogP contribution in [0.2, 0.25) is 0 Å². The van der Waals surface area contributed by atoms with Gasteiger partial charge in [0.1, 0.15) is 0 Å². The molecule has 0 unspecified atom stereocenters. The lowest BCUT2D eigenvalue weighted by Crippen LogP contribution is -2.27. The van der Waals surface area contributed by atoms with E-state index < -0.39 is 0 Å². The third kappa shape index (κ3) is 4.74. The highest BCUT2D eigenvalue weighted by Crippen LogP contribution is 2.10. The molecular weight excluding hydrogens is 290 g/mol. The maximum atomic E-state index is 12.5. The Balaban J connectivity index is 2.07. The Labute approximate surface area is 137 Å². The lowest BCUT2D eigenvalue weighted by atomic mass is 10.2. The summed E-state index contributed by atoms with van der Waals surface area (Å²) in [7, 11) is 1.75. The highest BCUT2D eigenvalue weighted by Gasteiger charge is 2.14. The van der Waals surface area contributed by atoms with Crippen molar-refractivity contribution in [1.82, 2.24) is 19.9 Å². The average molecular weight is 313 g/mol. The zero-order chi connectivity index (χ0) is 17.0. The van der Waals surface area contributed by atoms with Gasteiger partial charge in [-0.25, -0.2) is 9.97 Å². The van der Waals surface area contributed by atoms with E-state index in [0.29, 0.717) is 18.1 Å². The number of rotatable bonds is 5. The minimum atomic E-state index is -0.123. The number of nitrogens with zero attached hydrogens (tertiary/aromatic N) is 4. The van der Waals surface area contributed by atoms with Crippen LogP contribution in [0.1, 0.15) is 41.2 Å². The molecule has 0 aliphatic heterocycles. The van der Waals surface area contributed by atoms with Crippen LogP contribution in [0.25, 0.3) is 0 Å². The second-order valence-corrected chi connectivity index (χ2v) is 6.03. The van der Waals surface area contributed by atoms with Gasteiger partial charge >= 0.3 is 0 Å². The molecule has 2 heterocycles. The highest BCUT2D eigenvalue weighted by atomic mass is 16.2. The summed E-state index contributed by atoms with van der Waals surface area (Å²) < 4.78 is 0. The summed E-state index contributed by atoms with van der Waals surface area (Å²) in [5, 5.41) is 3.10. The monoisotopic (exact) mass is 313 g/mol. The topological polar surface area (TPSA) is 71.0 Å². The Hall–Kier alpha value is -2.50. The lowest BCUT2D eigenvalue weighted by molar-refractivity contribution is 0.0782. The second kappa shape index (κ2) is 7.17. The van der Waals surface area contributed by atoms with E-state index in [1.54, 1.807) is 24.3 Å². The number of carbonyl (C=O) groups is 1. The van der Waals surface area contributed by atoms with E-state index in [2.05, 4.69) is 20.3 Å². The van der Waals surface area contributed by atoms with Crippen LogP contribution in [0.5, 0.6) is 0 Å². The number of amides is 1. The van der Waals surface area contributed by atoms with Gasteiger partial charge in [0.2, 0.25) is 5.95 Å². The Kier molecular flexibility index (Phi) is 5.26. The van der Waals surface area contributed by atoms with Crippen LogP contribution in [-0.4, -0.2) is 38.8 Å². The van der Waals surface area contributed by atoms with Gasteiger partial charge < -0.3 is 10.2 Å². The van der Waals surface area contributed by atoms with Crippen molar-refractivity contribution in [3.8, 4) is 0 Å². The summed E-state index contributed by atoms with van der Waals surface area (Å²) in [4.78, 5) is 26.9. The van der Waals surface area contributed by atoms with E-state index in [4.69, 9.17) is 0 Å². The van der Waals surface area contributed by atoms with Gasteiger partial charge in [-0.05, 0) is 45.4 Å². The van der Waals surface area contributed by atoms with Crippen LogP contribution in [0.4, 0.5) is 5.95 Å². The number of pyridine rings is 1. The van der Waals surface area contributed by atoms with Crippen LogP contribution in [0, 0.1) is 13.8 Å². The summed E-state index contributed by atoms with van der Waals surface area (Å²) >= 11 is 0. The fourth-order valence-electron chi connectivity index (χ4n) is 2.31. The van der Waals surface area contributed by atoms with Crippen molar-refractivity contribution in [1.29, 1.82) is 0 Å². The Morgan fingerprint density at radius 1 is 1.22 bits per heavy atom. The van der Waals surface area contributed by atoms with E-state index in [0.717, 1.165) is 17.0 Å². The molecule has 0 radical (unpaired) electrons. The normalized spacial score (nSPS) is 10.7. The van der Waals surface area contributed by atoms with Crippen LogP contribution in [0.3, 0.4) is 0 Å². The van der Waals surface area contributed by atoms with Crippen molar-refractivity contribution in [2.24, 2.45) is 0 Å². The van der Waals surface area contributed by atoms with Crippen molar-refractivity contribution >= 4 is 11.9 Å². The molecule has 122 valence electrons. The number of aromatic nitrogens is 3. The molecule has 0 aliphatic carbocycles. The summed E-state index contributed by atoms with van der Waals surface area (Å²) in [6, 6.07) is 4.25. The maximum absolute atomic E-state index is 12.5. The summed E-state index contributed by atoms with van der Waals surface area (Å²) in [6.45, 7) is 8.44. The SMILES string of the molecule is Cc1cc(C)nc(CN(C)C(=O)c2cnc(NC(C)C)nc2)c1. The van der Waals surface area contributed by atoms with Crippen LogP contribution >= 0.6 is 0 Å². The third-order valence-corrected chi connectivity index (χ3v) is 3.21. The van der Waals surface area contributed by atoms with Crippen molar-refractivity contribution in [2.75, 3.05) is 12.4 Å². The molecule has 2 aromatic heterocycles. The molecule has 23 heavy (non-hydrogen) atoms. The molecule has 6 nitrogen and oxygen atoms in total. The second-order valence-electron chi connectivity index (χ2n) is 6.03. The van der Waals surface area contributed by atoms with Gasteiger partial charge in [0.15, 0.2) is 0 Å². The summed E-state index contributed by atoms with van der Waals surface area (Å²) in [5.41, 5.74) is 3.43. The molecule has 0 bridgehead atoms. The Morgan fingerprint density at radius 2 is 1.87 bits per heavy atom. The van der Waals surface area contributed by atoms with Gasteiger partial charge in [-0.3, -0.25) is 9.78 Å². The van der Waals surface area contributed by atoms with Gasteiger partial charge in [-0.1, -0.05) is 0 Å². The molecular formula is C17H23N5O. The maximum Gasteiger partial charge on any atom is 0.257 e. The fourth-order valence-corrected chi connectivity index (χ4v) is 2.31. The van der Waals surface area contributed by atoms with Gasteiger partial charge in [0, 0.05) is 31.2 Å². The molecule has 2 rings (SSSR count). The van der Waals surface area contributed by atoms with Crippen molar-refractivity contribution in [2.45, 2.75) is 40.3 Å². The summed E-state index contributed by atoms with van der Waals surface area (Å²) in [5.74, 6) is 0.400. The Bertz CT molecular complexity index is 662. The standard InChI is InChI=1S/C17H23N5O/c1-11(2)20-17-18-8-14(9-19-17)16(23)22(5)10-15-7-12(3)6-13(4)21-15/h6-9,11H,10H2,1-5H3,(H,18,19,20). The lowest BCUT2D eigenvalue weighted by Gasteiger charge is -2.17. The van der Waals surface area contributed by atoms with Gasteiger partial charge in [-0.2, -0.15) is 0 Å². The number of aryl methyl sites for hydroxylation is 2. The number of anilines is 1. The number of carbonyl (C=O) groups excluding carboxylic acids is 1. The zero-order valence-corrected chi connectivity index (χ0v) is 14.3. The number of hydrogen-bond acceptors (Lipinski definition) is 5. The van der Waals surface area contributed by atoms with Crippen molar-refractivity contribution < 1.29 is 4.79 Å². The molecule has 0 fully saturated rings. The first-order valence-corrected chi connectivity index (χ1v) is 7.63. The number of nitrogens with one attached hydrogen (secondary N) is 1. The molecule has 0 aromatic carbocycles. The molecule has 0 saturated heterocycles. The van der Waals surface area contributed by atoms with E-state index in [1.807, 2.05) is 39.8 Å². The average Bonchev–Trinajstić information content (AvgIpc) is 2.45. The molecule has 0 spiro atoms. The molecule has 6 heteroatoms. The largest absolute Gasteiger partial charge is 0.352 e. The van der Waals surface area contributed by atoms with Gasteiger partial charge in [-0.15, -0.1) is 0 Å². The van der Waals surface area contributed by atoms with E-state index in [-0.39, 0.29) is 11.9 Å². The first kappa shape index (κ1) is 16.9. The molecule has 0 atom stereocenters. The van der Waals surface area contributed by atoms with Crippen molar-refractivity contribution in [3.63, 3.8) is 0 Å². The molecule has 1 N–H and O–H groups in total. The first-order valence-electron chi connectivity index (χ1n) is 7.63. The molecule has 0 aliphatic rings. The first-order chi connectivity index (χ1) is 10.8. The molecule has 2 aromatic rings. The van der Waals surface area contributed by atoms with E-state index in [9.17, 15) is 4.79 Å². The van der Waals surface area contributed by atoms with Crippen LogP contribution < -0.4 is 5.32 Å². The highest BCUT2D eigenvalue weighted by molar-refractivity contribution is 5.93. The van der Waals surface area contributed by atoms with Crippen LogP contribution in [0.15, 0.2) is 24.5 Å². The minimum absolute atomic E-state index is 0.123. The third-order valence-electron chi connectivity index (χ3n) is 3.21. The van der Waals surface area contributed by atoms with Gasteiger partial charge in [0.05, 0.1) is 17.8 Å². The number of hydrogen-bond donors (Lipinski definition) is 1. The predicted molar refractivity (Wildman–Crippen MR) is 90.3 cm³/mol. The zero-order valence-electron chi connectivity index (χ0n) is 14.3. The molecule has 0 saturated carbocycles. The fraction of sp³-hybridized carbons (Fsp3) is 0.412. The molecule has 1 amide bonds. The quantitative estimate of drug-likeness (QED) is 0.918. The van der Waals surface area contributed by atoms with Crippen molar-refractivity contribution in [3.05, 3.63) is 47.0 Å². The van der Waals surface area contributed by atoms with Gasteiger partial charge in [0.25, 0.3) is 5.91 Å². The predicted octanol–water partition coefficient (Wildman–Crippen LogP) is 2.58. The van der Waals surface area contributed by atoms with Crippen LogP contribution in [-0.2, 0) is 6.54 Å². The van der Waals surface area contributed by atoms with E-state index in [1.165, 1.54) is 0 Å². The Morgan fingerprint density at radius 3 is 2.43 bits per heavy atom. The smallest absolute Gasteiger partial charge is 0.257 e.